The van der Waals surface area contributed by atoms with Crippen molar-refractivity contribution < 1.29 is 18.4 Å². The van der Waals surface area contributed by atoms with Crippen LogP contribution in [0.1, 0.15) is 17.5 Å². The van der Waals surface area contributed by atoms with Gasteiger partial charge in [0.25, 0.3) is 0 Å². The van der Waals surface area contributed by atoms with E-state index in [0.29, 0.717) is 28.3 Å². The van der Waals surface area contributed by atoms with Crippen LogP contribution in [0.3, 0.4) is 0 Å². The Hall–Kier alpha value is -3.55. The Balaban J connectivity index is 1.76. The maximum Gasteiger partial charge on any atom is 0.240 e. The molecule has 1 atom stereocenters. The van der Waals surface area contributed by atoms with Crippen LogP contribution in [0, 0.1) is 11.6 Å². The number of carbonyl (C=O) groups is 2. The molecule has 27 heavy (non-hydrogen) atoms. The van der Waals surface area contributed by atoms with E-state index in [-0.39, 0.29) is 12.3 Å². The number of hydrogen-bond donors (Lipinski definition) is 2. The number of nitrogens with zero attached hydrogens (tertiary/aromatic N) is 2. The molecule has 0 saturated heterocycles. The molecule has 2 aliphatic rings. The lowest BCUT2D eigenvalue weighted by Crippen LogP contribution is -2.43. The minimum atomic E-state index is -1.30. The third-order valence-electron chi connectivity index (χ3n) is 5.04. The van der Waals surface area contributed by atoms with Crippen molar-refractivity contribution in [3.63, 3.8) is 0 Å². The number of carbonyl (C=O) groups excluding carboxylic acids is 2. The standard InChI is InChI=1S/C19H12F2N4O2/c20-10-2-1-3-12(6-10)25-17-14(9-22-25)19(8-16(26)24-17)13-5-4-11(21)7-15(13)23-18(19)27/h1-7,9H,8H2,(H,23,27)(H,24,26). The van der Waals surface area contributed by atoms with Crippen molar-refractivity contribution in [3.8, 4) is 5.69 Å². The van der Waals surface area contributed by atoms with Crippen LogP contribution in [0.25, 0.3) is 5.69 Å². The lowest BCUT2D eigenvalue weighted by atomic mass is 9.72. The normalized spacial score (nSPS) is 20.2. The van der Waals surface area contributed by atoms with Gasteiger partial charge in [0.15, 0.2) is 0 Å². The minimum Gasteiger partial charge on any atom is -0.325 e. The Morgan fingerprint density at radius 3 is 2.63 bits per heavy atom. The number of fused-ring (bicyclic) bond motifs is 4. The van der Waals surface area contributed by atoms with E-state index in [0.717, 1.165) is 0 Å². The molecule has 1 spiro atoms. The van der Waals surface area contributed by atoms with Gasteiger partial charge in [-0.25, -0.2) is 13.5 Å². The first-order chi connectivity index (χ1) is 13.0. The number of anilines is 2. The fourth-order valence-corrected chi connectivity index (χ4v) is 3.88. The summed E-state index contributed by atoms with van der Waals surface area (Å²) in [5, 5.41) is 9.66. The predicted octanol–water partition coefficient (Wildman–Crippen LogP) is 2.73. The molecule has 8 heteroatoms. The Bertz CT molecular complexity index is 1140. The van der Waals surface area contributed by atoms with E-state index in [1.165, 1.54) is 47.3 Å². The maximum atomic E-state index is 13.6. The van der Waals surface area contributed by atoms with Gasteiger partial charge >= 0.3 is 0 Å². The third kappa shape index (κ3) is 2.06. The summed E-state index contributed by atoms with van der Waals surface area (Å²) < 4.78 is 28.6. The van der Waals surface area contributed by atoms with Gasteiger partial charge < -0.3 is 10.6 Å². The molecule has 0 fully saturated rings. The second-order valence-electron chi connectivity index (χ2n) is 6.57. The highest BCUT2D eigenvalue weighted by atomic mass is 19.1. The molecule has 0 radical (unpaired) electrons. The minimum absolute atomic E-state index is 0.126. The first kappa shape index (κ1) is 15.7. The van der Waals surface area contributed by atoms with Crippen LogP contribution in [0.15, 0.2) is 48.7 Å². The van der Waals surface area contributed by atoms with Crippen molar-refractivity contribution in [1.82, 2.24) is 9.78 Å². The van der Waals surface area contributed by atoms with Gasteiger partial charge in [0.1, 0.15) is 22.9 Å². The van der Waals surface area contributed by atoms with Crippen LogP contribution in [0.5, 0.6) is 0 Å². The van der Waals surface area contributed by atoms with Crippen molar-refractivity contribution in [1.29, 1.82) is 0 Å². The van der Waals surface area contributed by atoms with E-state index in [1.807, 2.05) is 0 Å². The molecule has 2 aliphatic heterocycles. The summed E-state index contributed by atoms with van der Waals surface area (Å²) in [5.74, 6) is -1.44. The molecule has 2 aromatic carbocycles. The average molecular weight is 366 g/mol. The molecule has 2 amide bonds. The van der Waals surface area contributed by atoms with E-state index in [1.54, 1.807) is 6.07 Å². The third-order valence-corrected chi connectivity index (χ3v) is 5.04. The molecule has 0 saturated carbocycles. The van der Waals surface area contributed by atoms with Crippen molar-refractivity contribution in [3.05, 3.63) is 71.4 Å². The molecular formula is C19H12F2N4O2. The highest BCUT2D eigenvalue weighted by Gasteiger charge is 2.54. The SMILES string of the molecule is O=C1CC2(C(=O)Nc3cc(F)ccc32)c2cnn(-c3cccc(F)c3)c2N1. The van der Waals surface area contributed by atoms with Gasteiger partial charge in [0, 0.05) is 17.7 Å². The number of amides is 2. The van der Waals surface area contributed by atoms with E-state index in [9.17, 15) is 18.4 Å². The second kappa shape index (κ2) is 5.23. The number of hydrogen-bond acceptors (Lipinski definition) is 3. The Morgan fingerprint density at radius 2 is 1.81 bits per heavy atom. The summed E-state index contributed by atoms with van der Waals surface area (Å²) in [6.45, 7) is 0. The van der Waals surface area contributed by atoms with Gasteiger partial charge in [-0.3, -0.25) is 9.59 Å². The zero-order valence-electron chi connectivity index (χ0n) is 13.8. The topological polar surface area (TPSA) is 76.0 Å². The molecule has 1 unspecified atom stereocenters. The van der Waals surface area contributed by atoms with E-state index < -0.39 is 23.0 Å². The molecule has 3 aromatic rings. The molecular weight excluding hydrogens is 354 g/mol. The van der Waals surface area contributed by atoms with Crippen LogP contribution >= 0.6 is 0 Å². The number of rotatable bonds is 1. The fraction of sp³-hybridized carbons (Fsp3) is 0.105. The Morgan fingerprint density at radius 1 is 1.00 bits per heavy atom. The highest BCUT2D eigenvalue weighted by molar-refractivity contribution is 6.14. The molecule has 6 nitrogen and oxygen atoms in total. The summed E-state index contributed by atoms with van der Waals surface area (Å²) in [5.41, 5.74) is 0.440. The summed E-state index contributed by atoms with van der Waals surface area (Å²) in [6.07, 6.45) is 1.36. The molecule has 0 bridgehead atoms. The lowest BCUT2D eigenvalue weighted by Gasteiger charge is -2.31. The van der Waals surface area contributed by atoms with Gasteiger partial charge in [-0.05, 0) is 35.9 Å². The molecule has 2 N–H and O–H groups in total. The first-order valence-corrected chi connectivity index (χ1v) is 8.25. The highest BCUT2D eigenvalue weighted by Crippen LogP contribution is 2.50. The van der Waals surface area contributed by atoms with Crippen LogP contribution in [0.4, 0.5) is 20.3 Å². The molecule has 134 valence electrons. The molecule has 1 aromatic heterocycles. The van der Waals surface area contributed by atoms with Gasteiger partial charge in [-0.1, -0.05) is 12.1 Å². The van der Waals surface area contributed by atoms with Crippen molar-refractivity contribution in [2.75, 3.05) is 10.6 Å². The molecule has 5 rings (SSSR count). The zero-order valence-corrected chi connectivity index (χ0v) is 13.8. The Labute approximate surface area is 151 Å². The van der Waals surface area contributed by atoms with E-state index in [2.05, 4.69) is 15.7 Å². The fourth-order valence-electron chi connectivity index (χ4n) is 3.88. The maximum absolute atomic E-state index is 13.6. The van der Waals surface area contributed by atoms with Crippen molar-refractivity contribution in [2.24, 2.45) is 0 Å². The summed E-state index contributed by atoms with van der Waals surface area (Å²) in [4.78, 5) is 25.4. The van der Waals surface area contributed by atoms with Gasteiger partial charge in [0.2, 0.25) is 11.8 Å². The first-order valence-electron chi connectivity index (χ1n) is 8.25. The summed E-state index contributed by atoms with van der Waals surface area (Å²) in [6, 6.07) is 9.73. The van der Waals surface area contributed by atoms with Crippen LogP contribution in [-0.2, 0) is 15.0 Å². The lowest BCUT2D eigenvalue weighted by molar-refractivity contribution is -0.125. The largest absolute Gasteiger partial charge is 0.325 e. The zero-order chi connectivity index (χ0) is 18.8. The average Bonchev–Trinajstić information content (AvgIpc) is 3.15. The number of benzene rings is 2. The summed E-state index contributed by atoms with van der Waals surface area (Å²) >= 11 is 0. The van der Waals surface area contributed by atoms with Crippen molar-refractivity contribution >= 4 is 23.3 Å². The van der Waals surface area contributed by atoms with Crippen molar-refractivity contribution in [2.45, 2.75) is 11.8 Å². The van der Waals surface area contributed by atoms with E-state index in [4.69, 9.17) is 0 Å². The number of nitrogens with one attached hydrogen (secondary N) is 2. The monoisotopic (exact) mass is 366 g/mol. The smallest absolute Gasteiger partial charge is 0.240 e. The van der Waals surface area contributed by atoms with E-state index >= 15 is 0 Å². The molecule has 0 aliphatic carbocycles. The second-order valence-corrected chi connectivity index (χ2v) is 6.57. The van der Waals surface area contributed by atoms with Gasteiger partial charge in [-0.2, -0.15) is 5.10 Å². The number of aromatic nitrogens is 2. The summed E-state index contributed by atoms with van der Waals surface area (Å²) in [7, 11) is 0. The predicted molar refractivity (Wildman–Crippen MR) is 92.6 cm³/mol. The van der Waals surface area contributed by atoms with Crippen LogP contribution < -0.4 is 10.6 Å². The number of halogens is 2. The van der Waals surface area contributed by atoms with Gasteiger partial charge in [0.05, 0.1) is 11.9 Å². The Kier molecular flexibility index (Phi) is 3.04. The van der Waals surface area contributed by atoms with Crippen LogP contribution in [0.2, 0.25) is 0 Å². The quantitative estimate of drug-likeness (QED) is 0.695. The molecule has 3 heterocycles. The van der Waals surface area contributed by atoms with Crippen LogP contribution in [-0.4, -0.2) is 21.6 Å². The van der Waals surface area contributed by atoms with Gasteiger partial charge in [-0.15, -0.1) is 0 Å².